The Morgan fingerprint density at radius 3 is 2.79 bits per heavy atom. The molecule has 1 aliphatic carbocycles. The molecule has 0 aliphatic heterocycles. The molecule has 0 bridgehead atoms. The number of nitrogens with one attached hydrogen (secondary N) is 1. The first-order valence-electron chi connectivity index (χ1n) is 6.36. The van der Waals surface area contributed by atoms with Gasteiger partial charge < -0.3 is 15.8 Å². The molecular formula is C14H18N2O3. The van der Waals surface area contributed by atoms with E-state index in [0.717, 1.165) is 0 Å². The molecule has 1 aromatic rings. The van der Waals surface area contributed by atoms with Gasteiger partial charge in [0.2, 0.25) is 0 Å². The van der Waals surface area contributed by atoms with Crippen LogP contribution in [-0.2, 0) is 4.79 Å². The minimum absolute atomic E-state index is 0.0864. The smallest absolute Gasteiger partial charge is 0.257 e. The van der Waals surface area contributed by atoms with Crippen molar-refractivity contribution in [2.45, 2.75) is 19.8 Å². The lowest BCUT2D eigenvalue weighted by atomic mass is 10.1. The summed E-state index contributed by atoms with van der Waals surface area (Å²) in [5.74, 6) is 0.718. The summed E-state index contributed by atoms with van der Waals surface area (Å²) in [5.41, 5.74) is 6.52. The molecule has 102 valence electrons. The molecule has 0 radical (unpaired) electrons. The molecule has 0 spiro atoms. The molecule has 1 aliphatic rings. The van der Waals surface area contributed by atoms with Gasteiger partial charge in [-0.2, -0.15) is 0 Å². The molecule has 1 aromatic carbocycles. The van der Waals surface area contributed by atoms with E-state index in [1.807, 2.05) is 0 Å². The first kappa shape index (κ1) is 13.4. The molecule has 1 amide bonds. The molecule has 5 heteroatoms. The van der Waals surface area contributed by atoms with Crippen molar-refractivity contribution in [3.05, 3.63) is 23.8 Å². The van der Waals surface area contributed by atoms with Gasteiger partial charge in [0.15, 0.2) is 12.4 Å². The summed E-state index contributed by atoms with van der Waals surface area (Å²) in [6.45, 7) is 2.06. The fourth-order valence-corrected chi connectivity index (χ4v) is 1.72. The van der Waals surface area contributed by atoms with Crippen LogP contribution in [0.4, 0.5) is 5.69 Å². The van der Waals surface area contributed by atoms with Gasteiger partial charge in [0.25, 0.3) is 5.91 Å². The monoisotopic (exact) mass is 262 g/mol. The van der Waals surface area contributed by atoms with E-state index in [1.165, 1.54) is 19.8 Å². The van der Waals surface area contributed by atoms with Crippen LogP contribution in [-0.4, -0.2) is 24.8 Å². The highest BCUT2D eigenvalue weighted by molar-refractivity contribution is 5.97. The average molecular weight is 262 g/mol. The lowest BCUT2D eigenvalue weighted by Crippen LogP contribution is -2.30. The van der Waals surface area contributed by atoms with Crippen molar-refractivity contribution < 1.29 is 14.3 Å². The van der Waals surface area contributed by atoms with Crippen LogP contribution in [0.15, 0.2) is 18.2 Å². The Balaban J connectivity index is 1.90. The summed E-state index contributed by atoms with van der Waals surface area (Å²) in [7, 11) is 0. The highest BCUT2D eigenvalue weighted by Gasteiger charge is 2.21. The predicted molar refractivity (Wildman–Crippen MR) is 72.1 cm³/mol. The van der Waals surface area contributed by atoms with E-state index >= 15 is 0 Å². The van der Waals surface area contributed by atoms with Gasteiger partial charge in [-0.25, -0.2) is 0 Å². The maximum atomic E-state index is 11.6. The molecule has 3 N–H and O–H groups in total. The standard InChI is InChI=1S/C14H18N2O3/c1-9(17)12-6-11(15)4-5-13(12)19-8-14(18)16-7-10-2-3-10/h4-6,10H,2-3,7-8,15H2,1H3,(H,16,18). The van der Waals surface area contributed by atoms with Crippen LogP contribution in [0, 0.1) is 5.92 Å². The molecule has 19 heavy (non-hydrogen) atoms. The van der Waals surface area contributed by atoms with E-state index < -0.39 is 0 Å². The molecule has 2 rings (SSSR count). The van der Waals surface area contributed by atoms with Gasteiger partial charge in [0, 0.05) is 12.2 Å². The third-order valence-corrected chi connectivity index (χ3v) is 3.03. The quantitative estimate of drug-likeness (QED) is 0.599. The van der Waals surface area contributed by atoms with E-state index in [2.05, 4.69) is 5.32 Å². The van der Waals surface area contributed by atoms with Crippen molar-refractivity contribution in [1.82, 2.24) is 5.32 Å². The van der Waals surface area contributed by atoms with Gasteiger partial charge in [0.1, 0.15) is 5.75 Å². The number of amides is 1. The third kappa shape index (κ3) is 3.98. The number of ketones is 1. The highest BCUT2D eigenvalue weighted by Crippen LogP contribution is 2.27. The number of carbonyl (C=O) groups is 2. The van der Waals surface area contributed by atoms with Gasteiger partial charge in [0.05, 0.1) is 5.56 Å². The van der Waals surface area contributed by atoms with E-state index in [9.17, 15) is 9.59 Å². The number of hydrogen-bond acceptors (Lipinski definition) is 4. The maximum absolute atomic E-state index is 11.6. The van der Waals surface area contributed by atoms with E-state index in [4.69, 9.17) is 10.5 Å². The Morgan fingerprint density at radius 2 is 2.16 bits per heavy atom. The Labute approximate surface area is 112 Å². The van der Waals surface area contributed by atoms with Crippen molar-refractivity contribution in [3.8, 4) is 5.75 Å². The number of nitrogens with two attached hydrogens (primary N) is 1. The Bertz CT molecular complexity index is 495. The fraction of sp³-hybridized carbons (Fsp3) is 0.429. The second-order valence-corrected chi connectivity index (χ2v) is 4.85. The molecule has 0 heterocycles. The van der Waals surface area contributed by atoms with Crippen molar-refractivity contribution in [2.75, 3.05) is 18.9 Å². The highest BCUT2D eigenvalue weighted by atomic mass is 16.5. The Kier molecular flexibility index (Phi) is 4.04. The summed E-state index contributed by atoms with van der Waals surface area (Å²) >= 11 is 0. The zero-order chi connectivity index (χ0) is 13.8. The molecule has 5 nitrogen and oxygen atoms in total. The van der Waals surface area contributed by atoms with E-state index in [-0.39, 0.29) is 18.3 Å². The zero-order valence-electron chi connectivity index (χ0n) is 10.9. The molecule has 1 fully saturated rings. The minimum atomic E-state index is -0.168. The lowest BCUT2D eigenvalue weighted by Gasteiger charge is -2.10. The topological polar surface area (TPSA) is 81.4 Å². The van der Waals surface area contributed by atoms with Crippen LogP contribution < -0.4 is 15.8 Å². The minimum Gasteiger partial charge on any atom is -0.483 e. The lowest BCUT2D eigenvalue weighted by molar-refractivity contribution is -0.123. The fourth-order valence-electron chi connectivity index (χ4n) is 1.72. The predicted octanol–water partition coefficient (Wildman–Crippen LogP) is 1.38. The van der Waals surface area contributed by atoms with E-state index in [1.54, 1.807) is 18.2 Å². The molecule has 0 unspecified atom stereocenters. The van der Waals surface area contributed by atoms with Gasteiger partial charge in [-0.3, -0.25) is 9.59 Å². The SMILES string of the molecule is CC(=O)c1cc(N)ccc1OCC(=O)NCC1CC1. The molecule has 0 atom stereocenters. The van der Waals surface area contributed by atoms with Crippen LogP contribution in [0.3, 0.4) is 0 Å². The van der Waals surface area contributed by atoms with Gasteiger partial charge >= 0.3 is 0 Å². The average Bonchev–Trinajstić information content (AvgIpc) is 3.18. The molecule has 1 saturated carbocycles. The van der Waals surface area contributed by atoms with Crippen LogP contribution in [0.25, 0.3) is 0 Å². The van der Waals surface area contributed by atoms with Crippen molar-refractivity contribution in [1.29, 1.82) is 0 Å². The summed E-state index contributed by atoms with van der Waals surface area (Å²) < 4.78 is 5.38. The van der Waals surface area contributed by atoms with Crippen LogP contribution in [0.1, 0.15) is 30.1 Å². The molecule has 0 aromatic heterocycles. The number of benzene rings is 1. The van der Waals surface area contributed by atoms with Crippen molar-refractivity contribution in [3.63, 3.8) is 0 Å². The number of Topliss-reactive ketones (excluding diaryl/α,β-unsaturated/α-hetero) is 1. The van der Waals surface area contributed by atoms with E-state index in [0.29, 0.717) is 29.5 Å². The zero-order valence-corrected chi connectivity index (χ0v) is 10.9. The maximum Gasteiger partial charge on any atom is 0.257 e. The largest absolute Gasteiger partial charge is 0.483 e. The summed E-state index contributed by atoms with van der Waals surface area (Å²) in [5, 5.41) is 2.80. The number of rotatable bonds is 6. The first-order chi connectivity index (χ1) is 9.06. The number of anilines is 1. The third-order valence-electron chi connectivity index (χ3n) is 3.03. The number of hydrogen-bond donors (Lipinski definition) is 2. The van der Waals surface area contributed by atoms with Crippen molar-refractivity contribution >= 4 is 17.4 Å². The summed E-state index contributed by atoms with van der Waals surface area (Å²) in [4.78, 5) is 23.0. The van der Waals surface area contributed by atoms with Gasteiger partial charge in [-0.1, -0.05) is 0 Å². The van der Waals surface area contributed by atoms with Crippen molar-refractivity contribution in [2.24, 2.45) is 5.92 Å². The van der Waals surface area contributed by atoms with Crippen LogP contribution >= 0.6 is 0 Å². The number of nitrogen functional groups attached to an aromatic ring is 1. The normalized spacial score (nSPS) is 13.9. The Morgan fingerprint density at radius 1 is 1.42 bits per heavy atom. The first-order valence-corrected chi connectivity index (χ1v) is 6.36. The second-order valence-electron chi connectivity index (χ2n) is 4.85. The van der Waals surface area contributed by atoms with Gasteiger partial charge in [-0.15, -0.1) is 0 Å². The number of carbonyl (C=O) groups excluding carboxylic acids is 2. The molecule has 0 saturated heterocycles. The summed E-state index contributed by atoms with van der Waals surface area (Å²) in [6.07, 6.45) is 2.38. The summed E-state index contributed by atoms with van der Waals surface area (Å²) in [6, 6.07) is 4.81. The number of ether oxygens (including phenoxy) is 1. The van der Waals surface area contributed by atoms with Crippen LogP contribution in [0.2, 0.25) is 0 Å². The van der Waals surface area contributed by atoms with Crippen LogP contribution in [0.5, 0.6) is 5.75 Å². The second kappa shape index (κ2) is 5.73. The Hall–Kier alpha value is -2.04. The molecular weight excluding hydrogens is 244 g/mol. The van der Waals surface area contributed by atoms with Gasteiger partial charge in [-0.05, 0) is 43.9 Å².